The maximum absolute atomic E-state index is 12.6. The quantitative estimate of drug-likeness (QED) is 0.644. The number of ether oxygens (including phenoxy) is 1. The number of pyridine rings is 1. The second-order valence-corrected chi connectivity index (χ2v) is 7.48. The highest BCUT2D eigenvalue weighted by molar-refractivity contribution is 5.84. The molecule has 0 saturated carbocycles. The van der Waals surface area contributed by atoms with Crippen LogP contribution in [0.25, 0.3) is 22.2 Å². The summed E-state index contributed by atoms with van der Waals surface area (Å²) in [5.41, 5.74) is 3.44. The number of nitrogens with one attached hydrogen (secondary N) is 1. The minimum absolute atomic E-state index is 0.164. The number of benzene rings is 1. The average molecular weight is 414 g/mol. The Balaban J connectivity index is 1.70. The maximum atomic E-state index is 12.6. The predicted octanol–water partition coefficient (Wildman–Crippen LogP) is 4.52. The Morgan fingerprint density at radius 1 is 1.23 bits per heavy atom. The number of nitriles is 1. The van der Waals surface area contributed by atoms with Crippen molar-refractivity contribution < 1.29 is 17.9 Å². The highest BCUT2D eigenvalue weighted by Gasteiger charge is 2.27. The first-order chi connectivity index (χ1) is 14.4. The lowest BCUT2D eigenvalue weighted by molar-refractivity contribution is -0.139. The summed E-state index contributed by atoms with van der Waals surface area (Å²) in [5.74, 6) is 0.693. The van der Waals surface area contributed by atoms with Gasteiger partial charge in [-0.2, -0.15) is 18.4 Å². The fourth-order valence-electron chi connectivity index (χ4n) is 3.71. The summed E-state index contributed by atoms with van der Waals surface area (Å²) in [5, 5.41) is 12.4. The molecule has 1 N–H and O–H groups in total. The Labute approximate surface area is 172 Å². The predicted molar refractivity (Wildman–Crippen MR) is 107 cm³/mol. The number of alkyl halides is 3. The third-order valence-corrected chi connectivity index (χ3v) is 5.28. The molecular formula is C22H21F3N4O. The van der Waals surface area contributed by atoms with Crippen molar-refractivity contribution in [3.8, 4) is 23.1 Å². The van der Waals surface area contributed by atoms with E-state index in [1.807, 2.05) is 18.3 Å². The summed E-state index contributed by atoms with van der Waals surface area (Å²) in [6, 6.07) is 12.7. The minimum Gasteiger partial charge on any atom is -0.477 e. The molecule has 1 aliphatic rings. The van der Waals surface area contributed by atoms with Gasteiger partial charge in [-0.05, 0) is 55.3 Å². The Morgan fingerprint density at radius 3 is 2.70 bits per heavy atom. The third kappa shape index (κ3) is 4.57. The van der Waals surface area contributed by atoms with Gasteiger partial charge >= 0.3 is 6.18 Å². The van der Waals surface area contributed by atoms with Gasteiger partial charge in [0.1, 0.15) is 0 Å². The van der Waals surface area contributed by atoms with E-state index in [0.29, 0.717) is 22.6 Å². The smallest absolute Gasteiger partial charge is 0.392 e. The fraction of sp³-hybridized carbons (Fsp3) is 0.364. The second-order valence-electron chi connectivity index (χ2n) is 7.48. The van der Waals surface area contributed by atoms with Crippen LogP contribution in [0.15, 0.2) is 42.6 Å². The molecule has 0 bridgehead atoms. The van der Waals surface area contributed by atoms with Crippen molar-refractivity contribution >= 4 is 11.0 Å². The Kier molecular flexibility index (Phi) is 5.64. The molecule has 0 aliphatic carbocycles. The molecule has 2 aromatic heterocycles. The lowest BCUT2D eigenvalue weighted by Crippen LogP contribution is -2.14. The normalized spacial score (nSPS) is 16.7. The van der Waals surface area contributed by atoms with Crippen LogP contribution in [0, 0.1) is 17.2 Å². The van der Waals surface area contributed by atoms with E-state index in [1.165, 1.54) is 0 Å². The zero-order chi connectivity index (χ0) is 21.1. The third-order valence-electron chi connectivity index (χ3n) is 5.28. The van der Waals surface area contributed by atoms with E-state index in [2.05, 4.69) is 20.9 Å². The van der Waals surface area contributed by atoms with Crippen LogP contribution in [-0.4, -0.2) is 35.4 Å². The van der Waals surface area contributed by atoms with Crippen LogP contribution in [-0.2, 0) is 6.54 Å². The minimum atomic E-state index is -4.29. The van der Waals surface area contributed by atoms with E-state index in [1.54, 1.807) is 24.3 Å². The molecule has 1 fully saturated rings. The first-order valence-electron chi connectivity index (χ1n) is 9.83. The van der Waals surface area contributed by atoms with E-state index >= 15 is 0 Å². The Morgan fingerprint density at radius 2 is 2.03 bits per heavy atom. The lowest BCUT2D eigenvalue weighted by atomic mass is 10.0. The van der Waals surface area contributed by atoms with Crippen LogP contribution in [0.3, 0.4) is 0 Å². The molecular weight excluding hydrogens is 393 g/mol. The van der Waals surface area contributed by atoms with Gasteiger partial charge in [0.25, 0.3) is 0 Å². The van der Waals surface area contributed by atoms with Gasteiger partial charge in [0.2, 0.25) is 5.88 Å². The maximum Gasteiger partial charge on any atom is 0.392 e. The van der Waals surface area contributed by atoms with Gasteiger partial charge in [0, 0.05) is 18.3 Å². The largest absolute Gasteiger partial charge is 0.477 e. The zero-order valence-electron chi connectivity index (χ0n) is 16.2. The van der Waals surface area contributed by atoms with Gasteiger partial charge in [-0.15, -0.1) is 0 Å². The molecule has 156 valence electrons. The Bertz CT molecular complexity index is 1060. The molecule has 0 spiro atoms. The van der Waals surface area contributed by atoms with Crippen molar-refractivity contribution in [1.82, 2.24) is 14.9 Å². The standard InChI is InChI=1S/C22H21F3N4O/c23-22(24,25)7-10-30-21-18(17-3-1-15(12-26)2-4-17)11-20-19(28-21)6-9-29(20)14-16-5-8-27-13-16/h1-4,6,9,11,16,27H,5,7-8,10,13-14H2/t16-/m0/s1. The summed E-state index contributed by atoms with van der Waals surface area (Å²) < 4.78 is 45.3. The van der Waals surface area contributed by atoms with Gasteiger partial charge in [0.15, 0.2) is 0 Å². The Hall–Kier alpha value is -3.05. The van der Waals surface area contributed by atoms with Gasteiger partial charge in [0.05, 0.1) is 35.7 Å². The van der Waals surface area contributed by atoms with E-state index in [9.17, 15) is 13.2 Å². The zero-order valence-corrected chi connectivity index (χ0v) is 16.2. The first kappa shape index (κ1) is 20.2. The molecule has 3 heterocycles. The van der Waals surface area contributed by atoms with Gasteiger partial charge < -0.3 is 14.6 Å². The van der Waals surface area contributed by atoms with E-state index in [-0.39, 0.29) is 5.88 Å². The highest BCUT2D eigenvalue weighted by atomic mass is 19.4. The van der Waals surface area contributed by atoms with Crippen LogP contribution in [0.4, 0.5) is 13.2 Å². The van der Waals surface area contributed by atoms with Crippen LogP contribution in [0.5, 0.6) is 5.88 Å². The summed E-state index contributed by atoms with van der Waals surface area (Å²) in [7, 11) is 0. The molecule has 1 saturated heterocycles. The molecule has 1 aromatic carbocycles. The van der Waals surface area contributed by atoms with Gasteiger partial charge in [-0.3, -0.25) is 0 Å². The monoisotopic (exact) mass is 414 g/mol. The molecule has 1 aliphatic heterocycles. The van der Waals surface area contributed by atoms with E-state index in [0.717, 1.165) is 37.1 Å². The van der Waals surface area contributed by atoms with Crippen LogP contribution in [0.1, 0.15) is 18.4 Å². The number of nitrogens with zero attached hydrogens (tertiary/aromatic N) is 3. The van der Waals surface area contributed by atoms with Crippen molar-refractivity contribution in [1.29, 1.82) is 5.26 Å². The number of hydrogen-bond acceptors (Lipinski definition) is 4. The van der Waals surface area contributed by atoms with Crippen molar-refractivity contribution in [3.63, 3.8) is 0 Å². The molecule has 30 heavy (non-hydrogen) atoms. The van der Waals surface area contributed by atoms with Crippen molar-refractivity contribution in [2.75, 3.05) is 19.7 Å². The molecule has 4 rings (SSSR count). The SMILES string of the molecule is N#Cc1ccc(-c2cc3c(ccn3C[C@H]3CCNC3)nc2OCCC(F)(F)F)cc1. The summed E-state index contributed by atoms with van der Waals surface area (Å²) in [4.78, 5) is 4.52. The molecule has 0 amide bonds. The number of fused-ring (bicyclic) bond motifs is 1. The summed E-state index contributed by atoms with van der Waals surface area (Å²) in [6.45, 7) is 2.32. The van der Waals surface area contributed by atoms with Crippen molar-refractivity contribution in [2.45, 2.75) is 25.6 Å². The first-order valence-corrected chi connectivity index (χ1v) is 9.83. The van der Waals surface area contributed by atoms with Crippen molar-refractivity contribution in [3.05, 3.63) is 48.2 Å². The summed E-state index contributed by atoms with van der Waals surface area (Å²) in [6.07, 6.45) is -2.28. The van der Waals surface area contributed by atoms with E-state index in [4.69, 9.17) is 10.00 Å². The molecule has 5 nitrogen and oxygen atoms in total. The second kappa shape index (κ2) is 8.36. The van der Waals surface area contributed by atoms with E-state index < -0.39 is 19.2 Å². The fourth-order valence-corrected chi connectivity index (χ4v) is 3.71. The summed E-state index contributed by atoms with van der Waals surface area (Å²) >= 11 is 0. The number of halogens is 3. The van der Waals surface area contributed by atoms with Crippen LogP contribution in [0.2, 0.25) is 0 Å². The molecule has 1 atom stereocenters. The topological polar surface area (TPSA) is 62.9 Å². The lowest BCUT2D eigenvalue weighted by Gasteiger charge is -2.15. The molecule has 0 radical (unpaired) electrons. The molecule has 3 aromatic rings. The van der Waals surface area contributed by atoms with Crippen LogP contribution >= 0.6 is 0 Å². The highest BCUT2D eigenvalue weighted by Crippen LogP contribution is 2.33. The molecule has 8 heteroatoms. The number of hydrogen-bond donors (Lipinski definition) is 1. The van der Waals surface area contributed by atoms with Gasteiger partial charge in [-0.1, -0.05) is 12.1 Å². The molecule has 0 unspecified atom stereocenters. The van der Waals surface area contributed by atoms with Crippen molar-refractivity contribution in [2.24, 2.45) is 5.92 Å². The average Bonchev–Trinajstić information content (AvgIpc) is 3.37. The van der Waals surface area contributed by atoms with Gasteiger partial charge in [-0.25, -0.2) is 4.98 Å². The van der Waals surface area contributed by atoms with Crippen LogP contribution < -0.4 is 10.1 Å². The number of rotatable bonds is 6. The number of aromatic nitrogens is 2.